The van der Waals surface area contributed by atoms with Crippen LogP contribution in [0.5, 0.6) is 5.75 Å². The number of ether oxygens (including phenoxy) is 1. The van der Waals surface area contributed by atoms with Gasteiger partial charge in [0.25, 0.3) is 0 Å². The lowest BCUT2D eigenvalue weighted by molar-refractivity contribution is 0.169. The first-order valence-corrected chi connectivity index (χ1v) is 8.64. The molecule has 1 amide bonds. The molecule has 7 nitrogen and oxygen atoms in total. The van der Waals surface area contributed by atoms with Crippen LogP contribution in [0.25, 0.3) is 11.4 Å². The molecular formula is C18H23ClN4O3. The van der Waals surface area contributed by atoms with Crippen molar-refractivity contribution >= 4 is 17.7 Å². The summed E-state index contributed by atoms with van der Waals surface area (Å²) in [6.07, 6.45) is 1.22. The van der Waals surface area contributed by atoms with Crippen LogP contribution in [0.2, 0.25) is 5.28 Å². The van der Waals surface area contributed by atoms with E-state index >= 15 is 0 Å². The molecule has 0 aromatic carbocycles. The molecule has 140 valence electrons. The Morgan fingerprint density at radius 2 is 2.00 bits per heavy atom. The van der Waals surface area contributed by atoms with Gasteiger partial charge in [0.05, 0.1) is 23.7 Å². The van der Waals surface area contributed by atoms with Crippen molar-refractivity contribution < 1.29 is 14.6 Å². The van der Waals surface area contributed by atoms with Crippen LogP contribution in [0.4, 0.5) is 4.79 Å². The van der Waals surface area contributed by atoms with Crippen LogP contribution >= 0.6 is 11.6 Å². The number of aryl methyl sites for hydroxylation is 1. The number of carbonyl (C=O) groups is 1. The molecule has 0 aliphatic heterocycles. The van der Waals surface area contributed by atoms with Crippen LogP contribution < -0.4 is 10.1 Å². The molecule has 26 heavy (non-hydrogen) atoms. The van der Waals surface area contributed by atoms with Crippen molar-refractivity contribution in [1.29, 1.82) is 0 Å². The molecule has 0 aliphatic rings. The van der Waals surface area contributed by atoms with Gasteiger partial charge < -0.3 is 15.2 Å². The maximum Gasteiger partial charge on any atom is 0.405 e. The van der Waals surface area contributed by atoms with Crippen molar-refractivity contribution in [2.24, 2.45) is 5.92 Å². The molecule has 0 radical (unpaired) electrons. The van der Waals surface area contributed by atoms with Crippen molar-refractivity contribution in [1.82, 2.24) is 20.3 Å². The number of aromatic nitrogens is 3. The van der Waals surface area contributed by atoms with Crippen molar-refractivity contribution in [2.75, 3.05) is 6.61 Å². The smallest absolute Gasteiger partial charge is 0.405 e. The van der Waals surface area contributed by atoms with E-state index in [-0.39, 0.29) is 11.2 Å². The molecule has 2 rings (SSSR count). The van der Waals surface area contributed by atoms with E-state index in [1.54, 1.807) is 12.3 Å². The van der Waals surface area contributed by atoms with Gasteiger partial charge in [-0.05, 0) is 62.9 Å². The van der Waals surface area contributed by atoms with Gasteiger partial charge in [0.15, 0.2) is 0 Å². The highest BCUT2D eigenvalue weighted by molar-refractivity contribution is 6.28. The fourth-order valence-corrected chi connectivity index (χ4v) is 2.97. The van der Waals surface area contributed by atoms with E-state index in [1.807, 2.05) is 39.8 Å². The number of nitrogens with zero attached hydrogens (tertiary/aromatic N) is 3. The Bertz CT molecular complexity index is 783. The summed E-state index contributed by atoms with van der Waals surface area (Å²) < 4.78 is 5.87. The lowest BCUT2D eigenvalue weighted by Gasteiger charge is -2.28. The van der Waals surface area contributed by atoms with E-state index in [9.17, 15) is 4.79 Å². The first-order valence-electron chi connectivity index (χ1n) is 8.27. The lowest BCUT2D eigenvalue weighted by Crippen LogP contribution is -2.44. The third-order valence-electron chi connectivity index (χ3n) is 3.75. The number of carboxylic acid groups (broad SMARTS) is 1. The molecule has 8 heteroatoms. The summed E-state index contributed by atoms with van der Waals surface area (Å²) in [4.78, 5) is 23.3. The van der Waals surface area contributed by atoms with Crippen LogP contribution in [0.3, 0.4) is 0 Å². The average Bonchev–Trinajstić information content (AvgIpc) is 2.51. The summed E-state index contributed by atoms with van der Waals surface area (Å²) in [6, 6.07) is 5.41. The maximum atomic E-state index is 10.8. The van der Waals surface area contributed by atoms with Gasteiger partial charge in [-0.15, -0.1) is 0 Å². The Morgan fingerprint density at radius 3 is 2.62 bits per heavy atom. The molecule has 0 spiro atoms. The zero-order chi connectivity index (χ0) is 19.3. The van der Waals surface area contributed by atoms with Crippen molar-refractivity contribution in [2.45, 2.75) is 39.7 Å². The third kappa shape index (κ3) is 5.84. The second kappa shape index (κ2) is 8.31. The number of pyridine rings is 1. The fourth-order valence-electron chi connectivity index (χ4n) is 2.82. The quantitative estimate of drug-likeness (QED) is 0.708. The van der Waals surface area contributed by atoms with E-state index in [4.69, 9.17) is 21.4 Å². The molecule has 2 aromatic rings. The number of hydrogen-bond donors (Lipinski definition) is 2. The Hall–Kier alpha value is -2.41. The zero-order valence-electron chi connectivity index (χ0n) is 15.3. The Morgan fingerprint density at radius 1 is 1.31 bits per heavy atom. The Kier molecular flexibility index (Phi) is 6.37. The van der Waals surface area contributed by atoms with Crippen molar-refractivity contribution in [3.05, 3.63) is 35.4 Å². The van der Waals surface area contributed by atoms with Gasteiger partial charge in [0.2, 0.25) is 5.28 Å². The SMILES string of the molecule is Cc1nc(-c2ccnc(Cl)n2)ccc1OC[C@@H](C)CC(C)(C)NC(=O)O. The van der Waals surface area contributed by atoms with Crippen molar-refractivity contribution in [3.8, 4) is 17.1 Å². The molecule has 0 unspecified atom stereocenters. The van der Waals surface area contributed by atoms with Crippen LogP contribution in [-0.2, 0) is 0 Å². The van der Waals surface area contributed by atoms with E-state index in [2.05, 4.69) is 20.3 Å². The Labute approximate surface area is 157 Å². The molecule has 0 aliphatic carbocycles. The minimum Gasteiger partial charge on any atom is -0.491 e. The summed E-state index contributed by atoms with van der Waals surface area (Å²) in [5.74, 6) is 0.848. The molecule has 2 heterocycles. The highest BCUT2D eigenvalue weighted by atomic mass is 35.5. The minimum absolute atomic E-state index is 0.164. The molecule has 2 N–H and O–H groups in total. The second-order valence-electron chi connectivity index (χ2n) is 6.93. The monoisotopic (exact) mass is 378 g/mol. The van der Waals surface area contributed by atoms with Gasteiger partial charge in [0, 0.05) is 11.7 Å². The molecule has 0 saturated heterocycles. The van der Waals surface area contributed by atoms with Gasteiger partial charge >= 0.3 is 6.09 Å². The maximum absolute atomic E-state index is 10.8. The average molecular weight is 379 g/mol. The largest absolute Gasteiger partial charge is 0.491 e. The van der Waals surface area contributed by atoms with Crippen LogP contribution in [-0.4, -0.2) is 38.3 Å². The molecule has 2 aromatic heterocycles. The van der Waals surface area contributed by atoms with E-state index in [0.29, 0.717) is 30.2 Å². The van der Waals surface area contributed by atoms with Gasteiger partial charge in [0.1, 0.15) is 5.75 Å². The number of hydrogen-bond acceptors (Lipinski definition) is 5. The third-order valence-corrected chi connectivity index (χ3v) is 3.94. The van der Waals surface area contributed by atoms with Gasteiger partial charge in [-0.25, -0.2) is 19.7 Å². The zero-order valence-corrected chi connectivity index (χ0v) is 16.0. The van der Waals surface area contributed by atoms with E-state index < -0.39 is 11.6 Å². The summed E-state index contributed by atoms with van der Waals surface area (Å²) in [5, 5.41) is 11.6. The first kappa shape index (κ1) is 19.9. The predicted molar refractivity (Wildman–Crippen MR) is 99.5 cm³/mol. The van der Waals surface area contributed by atoms with Crippen LogP contribution in [0, 0.1) is 12.8 Å². The summed E-state index contributed by atoms with van der Waals surface area (Å²) >= 11 is 5.82. The molecular weight excluding hydrogens is 356 g/mol. The molecule has 0 saturated carbocycles. The van der Waals surface area contributed by atoms with E-state index in [0.717, 1.165) is 5.69 Å². The normalized spacial score (nSPS) is 12.5. The van der Waals surface area contributed by atoms with Crippen molar-refractivity contribution in [3.63, 3.8) is 0 Å². The standard InChI is InChI=1S/C18H23ClN4O3/c1-11(9-18(3,4)23-17(24)25)10-26-15-6-5-13(21-12(15)2)14-7-8-20-16(19)22-14/h5-8,11,23H,9-10H2,1-4H3,(H,24,25)/t11-/m0/s1. The number of rotatable bonds is 7. The predicted octanol–water partition coefficient (Wildman–Crippen LogP) is 3.95. The Balaban J connectivity index is 1.99. The first-order chi connectivity index (χ1) is 12.2. The number of nitrogens with one attached hydrogen (secondary N) is 1. The lowest BCUT2D eigenvalue weighted by atomic mass is 9.92. The highest BCUT2D eigenvalue weighted by Gasteiger charge is 2.23. The van der Waals surface area contributed by atoms with Gasteiger partial charge in [-0.1, -0.05) is 6.92 Å². The number of amides is 1. The second-order valence-corrected chi connectivity index (χ2v) is 7.26. The van der Waals surface area contributed by atoms with Crippen LogP contribution in [0.1, 0.15) is 32.9 Å². The molecule has 0 fully saturated rings. The van der Waals surface area contributed by atoms with E-state index in [1.165, 1.54) is 0 Å². The summed E-state index contributed by atoms with van der Waals surface area (Å²) in [6.45, 7) is 8.05. The van der Waals surface area contributed by atoms with Gasteiger partial charge in [-0.3, -0.25) is 0 Å². The van der Waals surface area contributed by atoms with Crippen LogP contribution in [0.15, 0.2) is 24.4 Å². The number of halogens is 1. The summed E-state index contributed by atoms with van der Waals surface area (Å²) in [7, 11) is 0. The van der Waals surface area contributed by atoms with Gasteiger partial charge in [-0.2, -0.15) is 0 Å². The topological polar surface area (TPSA) is 97.2 Å². The summed E-state index contributed by atoms with van der Waals surface area (Å²) in [5.41, 5.74) is 1.57. The molecule has 0 bridgehead atoms. The fraction of sp³-hybridized carbons (Fsp3) is 0.444. The molecule has 1 atom stereocenters. The minimum atomic E-state index is -1.02. The highest BCUT2D eigenvalue weighted by Crippen LogP contribution is 2.24.